The molecule has 1 atom stereocenters. The van der Waals surface area contributed by atoms with Crippen LogP contribution in [-0.2, 0) is 0 Å². The first-order valence-electron chi connectivity index (χ1n) is 11.5. The van der Waals surface area contributed by atoms with E-state index in [1.54, 1.807) is 0 Å². The average Bonchev–Trinajstić information content (AvgIpc) is 3.15. The lowest BCUT2D eigenvalue weighted by Crippen LogP contribution is -2.39. The number of aromatic nitrogens is 2. The fourth-order valence-corrected chi connectivity index (χ4v) is 5.10. The molecular weight excluding hydrogens is 398 g/mol. The van der Waals surface area contributed by atoms with E-state index in [1.165, 1.54) is 0 Å². The van der Waals surface area contributed by atoms with Gasteiger partial charge in [0, 0.05) is 37.7 Å². The number of carbonyl (C=O) groups excluding carboxylic acids is 1. The molecule has 5 heteroatoms. The van der Waals surface area contributed by atoms with Gasteiger partial charge in [-0.15, -0.1) is 0 Å². The normalized spacial score (nSPS) is 16.5. The highest BCUT2D eigenvalue weighted by Gasteiger charge is 2.25. The molecule has 1 aliphatic rings. The van der Waals surface area contributed by atoms with Gasteiger partial charge < -0.3 is 9.88 Å². The summed E-state index contributed by atoms with van der Waals surface area (Å²) in [5.41, 5.74) is 2.68. The average molecular weight is 428 g/mol. The highest BCUT2D eigenvalue weighted by molar-refractivity contribution is 6.00. The molecule has 4 aromatic rings. The first-order valence-corrected chi connectivity index (χ1v) is 11.5. The number of H-pyrrole nitrogens is 1. The Kier molecular flexibility index (Phi) is 5.66. The molecule has 1 saturated heterocycles. The zero-order chi connectivity index (χ0) is 22.1. The fourth-order valence-electron chi connectivity index (χ4n) is 5.10. The van der Waals surface area contributed by atoms with Gasteiger partial charge in [0.15, 0.2) is 5.78 Å². The Morgan fingerprint density at radius 3 is 2.53 bits per heavy atom. The summed E-state index contributed by atoms with van der Waals surface area (Å²) in [6.45, 7) is 4.97. The van der Waals surface area contributed by atoms with Crippen LogP contribution in [0, 0.1) is 5.92 Å². The molecule has 0 aliphatic carbocycles. The second-order valence-corrected chi connectivity index (χ2v) is 9.14. The van der Waals surface area contributed by atoms with Crippen molar-refractivity contribution >= 4 is 27.6 Å². The molecule has 5 rings (SSSR count). The summed E-state index contributed by atoms with van der Waals surface area (Å²) < 4.78 is 1.93. The lowest BCUT2D eigenvalue weighted by molar-refractivity contribution is 0.0941. The Labute approximate surface area is 187 Å². The number of hydrogen-bond donors (Lipinski definition) is 1. The van der Waals surface area contributed by atoms with Gasteiger partial charge in [-0.2, -0.15) is 0 Å². The van der Waals surface area contributed by atoms with Gasteiger partial charge >= 0.3 is 5.69 Å². The van der Waals surface area contributed by atoms with E-state index in [9.17, 15) is 9.59 Å². The first-order chi connectivity index (χ1) is 15.6. The number of aromatic amines is 1. The molecule has 3 aromatic carbocycles. The zero-order valence-corrected chi connectivity index (χ0v) is 18.5. The van der Waals surface area contributed by atoms with E-state index >= 15 is 0 Å². The maximum atomic E-state index is 12.8. The standard InChI is InChI=1S/C27H29N3O2/c1-19(16-26(31)22-11-10-20-6-2-3-7-21(20)17-22)18-29-14-12-23(13-15-29)30-25-9-5-4-8-24(25)28-27(30)32/h2-11,17,19,23H,12-16,18H2,1H3,(H,28,32)/t19-/m1/s1. The highest BCUT2D eigenvalue weighted by Crippen LogP contribution is 2.26. The van der Waals surface area contributed by atoms with Crippen LogP contribution in [0.25, 0.3) is 21.8 Å². The Morgan fingerprint density at radius 2 is 1.72 bits per heavy atom. The third kappa shape index (κ3) is 4.13. The van der Waals surface area contributed by atoms with Crippen molar-refractivity contribution in [2.45, 2.75) is 32.2 Å². The van der Waals surface area contributed by atoms with Gasteiger partial charge in [-0.05, 0) is 47.7 Å². The highest BCUT2D eigenvalue weighted by atomic mass is 16.1. The summed E-state index contributed by atoms with van der Waals surface area (Å²) in [7, 11) is 0. The van der Waals surface area contributed by atoms with E-state index in [0.29, 0.717) is 12.3 Å². The van der Waals surface area contributed by atoms with Crippen LogP contribution in [0.15, 0.2) is 71.5 Å². The van der Waals surface area contributed by atoms with Crippen LogP contribution in [0.3, 0.4) is 0 Å². The lowest BCUT2D eigenvalue weighted by Gasteiger charge is -2.34. The molecule has 5 nitrogen and oxygen atoms in total. The number of fused-ring (bicyclic) bond motifs is 2. The smallest absolute Gasteiger partial charge is 0.306 e. The molecule has 0 saturated carbocycles. The molecule has 0 amide bonds. The zero-order valence-electron chi connectivity index (χ0n) is 18.5. The van der Waals surface area contributed by atoms with E-state index in [1.807, 2.05) is 59.2 Å². The van der Waals surface area contributed by atoms with Crippen LogP contribution in [0.5, 0.6) is 0 Å². The molecule has 1 aromatic heterocycles. The van der Waals surface area contributed by atoms with Crippen molar-refractivity contribution in [3.8, 4) is 0 Å². The number of nitrogens with one attached hydrogen (secondary N) is 1. The second kappa shape index (κ2) is 8.75. The lowest BCUT2D eigenvalue weighted by atomic mass is 9.96. The predicted molar refractivity (Wildman–Crippen MR) is 129 cm³/mol. The molecule has 0 radical (unpaired) electrons. The Morgan fingerprint density at radius 1 is 1.00 bits per heavy atom. The van der Waals surface area contributed by atoms with Gasteiger partial charge in [0.1, 0.15) is 0 Å². The van der Waals surface area contributed by atoms with Crippen molar-refractivity contribution in [2.75, 3.05) is 19.6 Å². The fraction of sp³-hybridized carbons (Fsp3) is 0.333. The van der Waals surface area contributed by atoms with Crippen LogP contribution >= 0.6 is 0 Å². The van der Waals surface area contributed by atoms with Crippen molar-refractivity contribution in [1.29, 1.82) is 0 Å². The number of nitrogens with zero attached hydrogens (tertiary/aromatic N) is 2. The van der Waals surface area contributed by atoms with E-state index in [0.717, 1.165) is 59.8 Å². The minimum Gasteiger partial charge on any atom is -0.306 e. The van der Waals surface area contributed by atoms with Crippen LogP contribution in [0.4, 0.5) is 0 Å². The van der Waals surface area contributed by atoms with Gasteiger partial charge in [0.25, 0.3) is 0 Å². The SMILES string of the molecule is C[C@H](CC(=O)c1ccc2ccccc2c1)CN1CCC(n2c(=O)[nH]c3ccccc32)CC1. The summed E-state index contributed by atoms with van der Waals surface area (Å²) >= 11 is 0. The van der Waals surface area contributed by atoms with Crippen molar-refractivity contribution in [3.05, 3.63) is 82.8 Å². The van der Waals surface area contributed by atoms with Crippen molar-refractivity contribution in [1.82, 2.24) is 14.5 Å². The number of rotatable bonds is 6. The molecule has 32 heavy (non-hydrogen) atoms. The first kappa shape index (κ1) is 20.7. The van der Waals surface area contributed by atoms with E-state index in [-0.39, 0.29) is 17.5 Å². The number of likely N-dealkylation sites (tertiary alicyclic amines) is 1. The molecule has 0 spiro atoms. The maximum absolute atomic E-state index is 12.8. The molecule has 1 fully saturated rings. The summed E-state index contributed by atoms with van der Waals surface area (Å²) in [6, 6.07) is 22.3. The number of hydrogen-bond acceptors (Lipinski definition) is 3. The van der Waals surface area contributed by atoms with E-state index in [2.05, 4.69) is 28.9 Å². The number of piperidine rings is 1. The van der Waals surface area contributed by atoms with Crippen LogP contribution in [0.1, 0.15) is 42.6 Å². The van der Waals surface area contributed by atoms with Gasteiger partial charge in [-0.1, -0.05) is 55.5 Å². The van der Waals surface area contributed by atoms with Crippen LogP contribution < -0.4 is 5.69 Å². The van der Waals surface area contributed by atoms with Gasteiger partial charge in [-0.25, -0.2) is 4.79 Å². The molecular formula is C27H29N3O2. The Hall–Kier alpha value is -3.18. The molecule has 0 bridgehead atoms. The van der Waals surface area contributed by atoms with Gasteiger partial charge in [0.05, 0.1) is 11.0 Å². The van der Waals surface area contributed by atoms with Gasteiger partial charge in [-0.3, -0.25) is 9.36 Å². The van der Waals surface area contributed by atoms with Gasteiger partial charge in [0.2, 0.25) is 0 Å². The summed E-state index contributed by atoms with van der Waals surface area (Å²) in [5.74, 6) is 0.504. The quantitative estimate of drug-likeness (QED) is 0.439. The molecule has 164 valence electrons. The third-order valence-electron chi connectivity index (χ3n) is 6.72. The molecule has 0 unspecified atom stereocenters. The number of Topliss-reactive ketones (excluding diaryl/α,β-unsaturated/α-hetero) is 1. The molecule has 1 N–H and O–H groups in total. The minimum atomic E-state index is -0.0148. The van der Waals surface area contributed by atoms with E-state index < -0.39 is 0 Å². The largest absolute Gasteiger partial charge is 0.326 e. The number of imidazole rings is 1. The number of para-hydroxylation sites is 2. The number of ketones is 1. The summed E-state index contributed by atoms with van der Waals surface area (Å²) in [5, 5.41) is 2.27. The third-order valence-corrected chi connectivity index (χ3v) is 6.72. The van der Waals surface area contributed by atoms with E-state index in [4.69, 9.17) is 0 Å². The Bertz CT molecular complexity index is 1310. The topological polar surface area (TPSA) is 58.1 Å². The molecule has 1 aliphatic heterocycles. The summed E-state index contributed by atoms with van der Waals surface area (Å²) in [4.78, 5) is 30.8. The monoisotopic (exact) mass is 427 g/mol. The Balaban J connectivity index is 1.18. The predicted octanol–water partition coefficient (Wildman–Crippen LogP) is 5.03. The maximum Gasteiger partial charge on any atom is 0.326 e. The van der Waals surface area contributed by atoms with Crippen molar-refractivity contribution < 1.29 is 4.79 Å². The summed E-state index contributed by atoms with van der Waals surface area (Å²) in [6.07, 6.45) is 2.46. The molecule has 2 heterocycles. The minimum absolute atomic E-state index is 0.0148. The number of benzene rings is 3. The number of carbonyl (C=O) groups is 1. The van der Waals surface area contributed by atoms with Crippen LogP contribution in [-0.4, -0.2) is 39.9 Å². The van der Waals surface area contributed by atoms with Crippen molar-refractivity contribution in [2.24, 2.45) is 5.92 Å². The van der Waals surface area contributed by atoms with Crippen molar-refractivity contribution in [3.63, 3.8) is 0 Å². The second-order valence-electron chi connectivity index (χ2n) is 9.14. The van der Waals surface area contributed by atoms with Crippen LogP contribution in [0.2, 0.25) is 0 Å².